The molecule has 0 heterocycles. The molecule has 0 aromatic heterocycles. The average Bonchev–Trinajstić information content (AvgIpc) is 2.53. The lowest BCUT2D eigenvalue weighted by Crippen LogP contribution is -2.48. The molecular formula is C14H17ClN4O3S. The van der Waals surface area contributed by atoms with Crippen LogP contribution < -0.4 is 21.5 Å². The van der Waals surface area contributed by atoms with Crippen LogP contribution in [0.15, 0.2) is 24.3 Å². The molecule has 0 fully saturated rings. The minimum absolute atomic E-state index is 0.00859. The van der Waals surface area contributed by atoms with Crippen molar-refractivity contribution in [1.29, 1.82) is 0 Å². The number of nitrogens with one attached hydrogen (secondary N) is 4. The van der Waals surface area contributed by atoms with Gasteiger partial charge in [-0.05, 0) is 24.4 Å². The Balaban J connectivity index is 2.28. The second-order valence-electron chi connectivity index (χ2n) is 4.43. The van der Waals surface area contributed by atoms with Crippen LogP contribution in [-0.4, -0.2) is 22.8 Å². The molecule has 7 nitrogen and oxygen atoms in total. The second-order valence-corrected chi connectivity index (χ2v) is 5.25. The van der Waals surface area contributed by atoms with Gasteiger partial charge in [0.1, 0.15) is 0 Å². The van der Waals surface area contributed by atoms with E-state index >= 15 is 0 Å². The number of thiocarbonyl (C=S) groups is 1. The summed E-state index contributed by atoms with van der Waals surface area (Å²) < 4.78 is 0. The highest BCUT2D eigenvalue weighted by atomic mass is 35.5. The first-order valence-electron chi connectivity index (χ1n) is 6.85. The van der Waals surface area contributed by atoms with Gasteiger partial charge in [-0.3, -0.25) is 25.2 Å². The van der Waals surface area contributed by atoms with E-state index in [9.17, 15) is 14.4 Å². The number of benzene rings is 1. The Morgan fingerprint density at radius 2 is 1.70 bits per heavy atom. The van der Waals surface area contributed by atoms with Gasteiger partial charge < -0.3 is 10.6 Å². The molecule has 0 unspecified atom stereocenters. The van der Waals surface area contributed by atoms with Gasteiger partial charge in [0.15, 0.2) is 5.11 Å². The van der Waals surface area contributed by atoms with Gasteiger partial charge in [-0.25, -0.2) is 0 Å². The molecule has 0 aliphatic carbocycles. The van der Waals surface area contributed by atoms with Crippen molar-refractivity contribution in [2.24, 2.45) is 0 Å². The third-order valence-corrected chi connectivity index (χ3v) is 3.15. The number of hydrazine groups is 1. The summed E-state index contributed by atoms with van der Waals surface area (Å²) in [5, 5.41) is 5.38. The molecule has 0 aliphatic heterocycles. The van der Waals surface area contributed by atoms with E-state index in [4.69, 9.17) is 23.8 Å². The second kappa shape index (κ2) is 9.75. The van der Waals surface area contributed by atoms with E-state index in [1.807, 2.05) is 0 Å². The third kappa shape index (κ3) is 7.57. The summed E-state index contributed by atoms with van der Waals surface area (Å²) in [6.45, 7) is 1.67. The molecule has 0 atom stereocenters. The number of carbonyl (C=O) groups excluding carboxylic acids is 3. The smallest absolute Gasteiger partial charge is 0.238 e. The minimum atomic E-state index is -0.438. The first-order valence-corrected chi connectivity index (χ1v) is 7.64. The number of hydrogen-bond acceptors (Lipinski definition) is 4. The summed E-state index contributed by atoms with van der Waals surface area (Å²) in [7, 11) is 0. The van der Waals surface area contributed by atoms with E-state index in [1.165, 1.54) is 0 Å². The van der Waals surface area contributed by atoms with Gasteiger partial charge >= 0.3 is 0 Å². The normalized spacial score (nSPS) is 9.65. The number of hydrogen-bond donors (Lipinski definition) is 4. The van der Waals surface area contributed by atoms with Crippen LogP contribution in [0.3, 0.4) is 0 Å². The zero-order chi connectivity index (χ0) is 17.2. The Labute approximate surface area is 144 Å². The molecule has 0 saturated carbocycles. The first kappa shape index (κ1) is 18.9. The van der Waals surface area contributed by atoms with Crippen LogP contribution in [0.25, 0.3) is 0 Å². The van der Waals surface area contributed by atoms with Crippen molar-refractivity contribution in [2.45, 2.75) is 26.2 Å². The van der Waals surface area contributed by atoms with Crippen LogP contribution in [0.1, 0.15) is 26.2 Å². The molecule has 0 radical (unpaired) electrons. The molecule has 3 amide bonds. The number of amides is 3. The largest absolute Gasteiger partial charge is 0.325 e. The summed E-state index contributed by atoms with van der Waals surface area (Å²) in [5.74, 6) is -1.04. The topological polar surface area (TPSA) is 99.3 Å². The Morgan fingerprint density at radius 3 is 2.35 bits per heavy atom. The highest BCUT2D eigenvalue weighted by Gasteiger charge is 2.09. The quantitative estimate of drug-likeness (QED) is 0.473. The van der Waals surface area contributed by atoms with Crippen LogP contribution in [0.5, 0.6) is 0 Å². The van der Waals surface area contributed by atoms with Crippen LogP contribution >= 0.6 is 23.8 Å². The van der Waals surface area contributed by atoms with Crippen LogP contribution in [0, 0.1) is 0 Å². The van der Waals surface area contributed by atoms with E-state index < -0.39 is 5.91 Å². The Bertz CT molecular complexity index is 609. The van der Waals surface area contributed by atoms with Gasteiger partial charge in [-0.1, -0.05) is 30.7 Å². The molecule has 1 aromatic rings. The Hall–Kier alpha value is -2.19. The van der Waals surface area contributed by atoms with Crippen molar-refractivity contribution < 1.29 is 14.4 Å². The van der Waals surface area contributed by atoms with Crippen LogP contribution in [0.2, 0.25) is 5.02 Å². The van der Waals surface area contributed by atoms with Gasteiger partial charge in [0, 0.05) is 19.3 Å². The van der Waals surface area contributed by atoms with Gasteiger partial charge in [0.2, 0.25) is 17.7 Å². The third-order valence-electron chi connectivity index (χ3n) is 2.62. The van der Waals surface area contributed by atoms with Crippen LogP contribution in [0.4, 0.5) is 5.69 Å². The van der Waals surface area contributed by atoms with Gasteiger partial charge in [0.25, 0.3) is 0 Å². The summed E-state index contributed by atoms with van der Waals surface area (Å²) in [6, 6.07) is 6.80. The summed E-state index contributed by atoms with van der Waals surface area (Å²) >= 11 is 10.7. The predicted molar refractivity (Wildman–Crippen MR) is 91.6 cm³/mol. The first-order chi connectivity index (χ1) is 10.9. The fourth-order valence-corrected chi connectivity index (χ4v) is 1.79. The Morgan fingerprint density at radius 1 is 1.04 bits per heavy atom. The number of carbonyl (C=O) groups is 3. The molecule has 0 bridgehead atoms. The summed E-state index contributed by atoms with van der Waals surface area (Å²) in [6.07, 6.45) is 0.207. The maximum Gasteiger partial charge on any atom is 0.238 e. The van der Waals surface area contributed by atoms with Crippen molar-refractivity contribution in [3.8, 4) is 0 Å². The van der Waals surface area contributed by atoms with E-state index in [0.29, 0.717) is 10.7 Å². The van der Waals surface area contributed by atoms with Crippen LogP contribution in [-0.2, 0) is 14.4 Å². The summed E-state index contributed by atoms with van der Waals surface area (Å²) in [5.41, 5.74) is 5.16. The zero-order valence-electron chi connectivity index (χ0n) is 12.4. The molecule has 124 valence electrons. The number of halogens is 1. The highest BCUT2D eigenvalue weighted by molar-refractivity contribution is 7.80. The van der Waals surface area contributed by atoms with Gasteiger partial charge in [-0.15, -0.1) is 0 Å². The molecule has 0 spiro atoms. The number of rotatable bonds is 5. The molecule has 4 N–H and O–H groups in total. The molecular weight excluding hydrogens is 340 g/mol. The zero-order valence-corrected chi connectivity index (χ0v) is 14.0. The maximum absolute atomic E-state index is 11.7. The minimum Gasteiger partial charge on any atom is -0.325 e. The Kier molecular flexibility index (Phi) is 8.00. The van der Waals surface area contributed by atoms with Crippen molar-refractivity contribution in [3.05, 3.63) is 29.3 Å². The van der Waals surface area contributed by atoms with Crippen molar-refractivity contribution in [2.75, 3.05) is 5.32 Å². The number of anilines is 1. The van der Waals surface area contributed by atoms with E-state index in [-0.39, 0.29) is 36.2 Å². The predicted octanol–water partition coefficient (Wildman–Crippen LogP) is 1.49. The SMILES string of the molecule is CCC(=O)NC(=S)NNC(=O)CCC(=O)Nc1ccccc1Cl. The fraction of sp³-hybridized carbons (Fsp3) is 0.286. The van der Waals surface area contributed by atoms with Gasteiger partial charge in [-0.2, -0.15) is 0 Å². The van der Waals surface area contributed by atoms with E-state index in [0.717, 1.165) is 0 Å². The molecule has 1 rings (SSSR count). The highest BCUT2D eigenvalue weighted by Crippen LogP contribution is 2.20. The van der Waals surface area contributed by atoms with Gasteiger partial charge in [0.05, 0.1) is 10.7 Å². The molecule has 0 aliphatic rings. The van der Waals surface area contributed by atoms with E-state index in [2.05, 4.69) is 21.5 Å². The average molecular weight is 357 g/mol. The fourth-order valence-electron chi connectivity index (χ4n) is 1.44. The monoisotopic (exact) mass is 356 g/mol. The van der Waals surface area contributed by atoms with Crippen molar-refractivity contribution >= 4 is 52.3 Å². The molecule has 23 heavy (non-hydrogen) atoms. The standard InChI is InChI=1S/C14H17ClN4O3S/c1-2-11(20)17-14(23)19-18-13(22)8-7-12(21)16-10-6-4-3-5-9(10)15/h3-6H,2,7-8H2,1H3,(H,16,21)(H,18,22)(H2,17,19,20,23). The number of para-hydroxylation sites is 1. The van der Waals surface area contributed by atoms with Crippen molar-refractivity contribution in [1.82, 2.24) is 16.2 Å². The maximum atomic E-state index is 11.7. The molecule has 0 saturated heterocycles. The van der Waals surface area contributed by atoms with Crippen molar-refractivity contribution in [3.63, 3.8) is 0 Å². The van der Waals surface area contributed by atoms with E-state index in [1.54, 1.807) is 31.2 Å². The molecule has 9 heteroatoms. The summed E-state index contributed by atoms with van der Waals surface area (Å²) in [4.78, 5) is 34.4. The molecule has 1 aromatic carbocycles. The lowest BCUT2D eigenvalue weighted by atomic mass is 10.2. The lowest BCUT2D eigenvalue weighted by molar-refractivity contribution is -0.124. The lowest BCUT2D eigenvalue weighted by Gasteiger charge is -2.10.